The van der Waals surface area contributed by atoms with E-state index in [0.717, 1.165) is 6.92 Å². The standard InChI is InChI=1S/C18H21FN4O7S/c1-11(24)30-10-13(19)8-12-6-4-5-7-14(12)31(26,27)23-18(25)22-17-20-15(28-2)9-16(21-17)29-3/h4-7,9,13H,8,10H2,1-3H3,(H2,20,21,22,23,25). The fourth-order valence-corrected chi connectivity index (χ4v) is 3.57. The number of amides is 2. The van der Waals surface area contributed by atoms with E-state index in [1.807, 2.05) is 4.72 Å². The van der Waals surface area contributed by atoms with Crippen molar-refractivity contribution in [3.8, 4) is 11.8 Å². The quantitative estimate of drug-likeness (QED) is 0.535. The minimum atomic E-state index is -4.37. The van der Waals surface area contributed by atoms with E-state index >= 15 is 0 Å². The molecule has 2 N–H and O–H groups in total. The molecule has 0 bridgehead atoms. The van der Waals surface area contributed by atoms with Crippen LogP contribution in [-0.4, -0.2) is 57.4 Å². The number of carbonyl (C=O) groups is 2. The number of hydrogen-bond donors (Lipinski definition) is 2. The molecule has 11 nitrogen and oxygen atoms in total. The van der Waals surface area contributed by atoms with Gasteiger partial charge in [0.2, 0.25) is 17.7 Å². The lowest BCUT2D eigenvalue weighted by atomic mass is 10.1. The summed E-state index contributed by atoms with van der Waals surface area (Å²) in [7, 11) is -1.69. The van der Waals surface area contributed by atoms with Gasteiger partial charge in [0.05, 0.1) is 25.2 Å². The van der Waals surface area contributed by atoms with Crippen LogP contribution < -0.4 is 19.5 Å². The van der Waals surface area contributed by atoms with E-state index in [9.17, 15) is 22.4 Å². The highest BCUT2D eigenvalue weighted by molar-refractivity contribution is 7.90. The Balaban J connectivity index is 2.15. The molecule has 0 aliphatic heterocycles. The number of rotatable bonds is 9. The number of nitrogens with one attached hydrogen (secondary N) is 2. The highest BCUT2D eigenvalue weighted by Gasteiger charge is 2.23. The second-order valence-corrected chi connectivity index (χ2v) is 7.70. The van der Waals surface area contributed by atoms with Crippen LogP contribution in [0.2, 0.25) is 0 Å². The van der Waals surface area contributed by atoms with Crippen LogP contribution in [0, 0.1) is 0 Å². The number of anilines is 1. The molecule has 0 aliphatic rings. The first-order valence-electron chi connectivity index (χ1n) is 8.80. The number of methoxy groups -OCH3 is 2. The molecule has 0 fully saturated rings. The Kier molecular flexibility index (Phi) is 8.07. The van der Waals surface area contributed by atoms with E-state index in [2.05, 4.69) is 20.0 Å². The van der Waals surface area contributed by atoms with Crippen LogP contribution in [0.15, 0.2) is 35.2 Å². The maximum absolute atomic E-state index is 14.1. The fourth-order valence-electron chi connectivity index (χ4n) is 2.41. The van der Waals surface area contributed by atoms with Crippen molar-refractivity contribution < 1.29 is 36.6 Å². The third-order valence-corrected chi connectivity index (χ3v) is 5.15. The minimum absolute atomic E-state index is 0.0807. The third kappa shape index (κ3) is 7.06. The minimum Gasteiger partial charge on any atom is -0.481 e. The largest absolute Gasteiger partial charge is 0.481 e. The molecule has 1 aromatic carbocycles. The summed E-state index contributed by atoms with van der Waals surface area (Å²) in [5, 5.41) is 2.17. The number of hydrogen-bond acceptors (Lipinski definition) is 9. The van der Waals surface area contributed by atoms with Gasteiger partial charge in [0.1, 0.15) is 12.8 Å². The average molecular weight is 456 g/mol. The van der Waals surface area contributed by atoms with E-state index in [0.29, 0.717) is 0 Å². The highest BCUT2D eigenvalue weighted by Crippen LogP contribution is 2.20. The molecule has 1 atom stereocenters. The van der Waals surface area contributed by atoms with Crippen molar-refractivity contribution in [2.45, 2.75) is 24.4 Å². The van der Waals surface area contributed by atoms with Gasteiger partial charge in [0.15, 0.2) is 0 Å². The molecule has 13 heteroatoms. The van der Waals surface area contributed by atoms with Crippen molar-refractivity contribution in [3.63, 3.8) is 0 Å². The maximum Gasteiger partial charge on any atom is 0.335 e. The number of halogens is 1. The molecular formula is C18H21FN4O7S. The lowest BCUT2D eigenvalue weighted by Gasteiger charge is -2.14. The van der Waals surface area contributed by atoms with Crippen molar-refractivity contribution in [1.82, 2.24) is 14.7 Å². The molecule has 0 saturated heterocycles. The normalized spacial score (nSPS) is 11.9. The number of nitrogens with zero attached hydrogens (tertiary/aromatic N) is 2. The van der Waals surface area contributed by atoms with Crippen LogP contribution in [0.25, 0.3) is 0 Å². The van der Waals surface area contributed by atoms with E-state index < -0.39 is 34.8 Å². The second-order valence-electron chi connectivity index (χ2n) is 6.05. The number of benzene rings is 1. The summed E-state index contributed by atoms with van der Waals surface area (Å²) in [6.07, 6.45) is -1.98. The SMILES string of the molecule is COc1cc(OC)nc(NC(=O)NS(=O)(=O)c2ccccc2CC(F)COC(C)=O)n1. The summed E-state index contributed by atoms with van der Waals surface area (Å²) in [4.78, 5) is 30.5. The van der Waals surface area contributed by atoms with Crippen molar-refractivity contribution >= 4 is 28.0 Å². The summed E-state index contributed by atoms with van der Waals surface area (Å²) < 4.78 is 55.8. The van der Waals surface area contributed by atoms with Gasteiger partial charge in [-0.05, 0) is 11.6 Å². The predicted molar refractivity (Wildman–Crippen MR) is 106 cm³/mol. The number of alkyl halides is 1. The molecule has 31 heavy (non-hydrogen) atoms. The molecule has 2 aromatic rings. The Labute approximate surface area is 178 Å². The number of carbonyl (C=O) groups excluding carboxylic acids is 2. The van der Waals surface area contributed by atoms with Gasteiger partial charge in [0.25, 0.3) is 10.0 Å². The van der Waals surface area contributed by atoms with Gasteiger partial charge < -0.3 is 14.2 Å². The zero-order valence-electron chi connectivity index (χ0n) is 16.9. The smallest absolute Gasteiger partial charge is 0.335 e. The lowest BCUT2D eigenvalue weighted by molar-refractivity contribution is -0.142. The molecule has 1 aromatic heterocycles. The Morgan fingerprint density at radius 1 is 1.13 bits per heavy atom. The first kappa shape index (κ1) is 23.8. The number of esters is 1. The van der Waals surface area contributed by atoms with Crippen LogP contribution in [-0.2, 0) is 26.0 Å². The van der Waals surface area contributed by atoms with Crippen molar-refractivity contribution in [2.75, 3.05) is 26.1 Å². The Bertz CT molecular complexity index is 1030. The summed E-state index contributed by atoms with van der Waals surface area (Å²) in [6, 6.07) is 5.76. The zero-order chi connectivity index (χ0) is 23.0. The zero-order valence-corrected chi connectivity index (χ0v) is 17.7. The molecule has 2 amide bonds. The summed E-state index contributed by atoms with van der Waals surface area (Å²) in [5.74, 6) is -0.755. The topological polar surface area (TPSA) is 146 Å². The van der Waals surface area contributed by atoms with Crippen LogP contribution in [0.3, 0.4) is 0 Å². The van der Waals surface area contributed by atoms with Gasteiger partial charge in [-0.1, -0.05) is 18.2 Å². The number of urea groups is 1. The monoisotopic (exact) mass is 456 g/mol. The predicted octanol–water partition coefficient (Wildman–Crippen LogP) is 1.45. The molecule has 0 aliphatic carbocycles. The van der Waals surface area contributed by atoms with Gasteiger partial charge in [0, 0.05) is 13.3 Å². The molecule has 168 valence electrons. The van der Waals surface area contributed by atoms with Crippen molar-refractivity contribution in [2.24, 2.45) is 0 Å². The van der Waals surface area contributed by atoms with Gasteiger partial charge >= 0.3 is 12.0 Å². The van der Waals surface area contributed by atoms with Gasteiger partial charge in [-0.3, -0.25) is 10.1 Å². The van der Waals surface area contributed by atoms with Gasteiger partial charge in [-0.2, -0.15) is 9.97 Å². The highest BCUT2D eigenvalue weighted by atomic mass is 32.2. The first-order chi connectivity index (χ1) is 14.6. The summed E-state index contributed by atoms with van der Waals surface area (Å²) in [6.45, 7) is 0.613. The van der Waals surface area contributed by atoms with Crippen LogP contribution in [0.5, 0.6) is 11.8 Å². The van der Waals surface area contributed by atoms with E-state index in [1.165, 1.54) is 44.6 Å². The van der Waals surface area contributed by atoms with E-state index in [1.54, 1.807) is 0 Å². The average Bonchev–Trinajstić information content (AvgIpc) is 2.71. The van der Waals surface area contributed by atoms with Crippen LogP contribution in [0.4, 0.5) is 15.1 Å². The van der Waals surface area contributed by atoms with Crippen molar-refractivity contribution in [1.29, 1.82) is 0 Å². The summed E-state index contributed by atoms with van der Waals surface area (Å²) in [5.41, 5.74) is 0.0988. The van der Waals surface area contributed by atoms with Crippen LogP contribution in [0.1, 0.15) is 12.5 Å². The second kappa shape index (κ2) is 10.5. The van der Waals surface area contributed by atoms with Crippen molar-refractivity contribution in [3.05, 3.63) is 35.9 Å². The molecule has 0 spiro atoms. The molecule has 1 heterocycles. The fraction of sp³-hybridized carbons (Fsp3) is 0.333. The molecule has 2 rings (SSSR count). The number of aromatic nitrogens is 2. The molecule has 1 unspecified atom stereocenters. The molecule has 0 saturated carbocycles. The lowest BCUT2D eigenvalue weighted by Crippen LogP contribution is -2.35. The maximum atomic E-state index is 14.1. The molecule has 0 radical (unpaired) electrons. The Hall–Kier alpha value is -3.48. The number of ether oxygens (including phenoxy) is 3. The van der Waals surface area contributed by atoms with Gasteiger partial charge in [-0.15, -0.1) is 0 Å². The molecular weight excluding hydrogens is 435 g/mol. The Morgan fingerprint density at radius 2 is 1.74 bits per heavy atom. The third-order valence-electron chi connectivity index (χ3n) is 3.72. The van der Waals surface area contributed by atoms with Crippen LogP contribution >= 0.6 is 0 Å². The number of sulfonamides is 1. The Morgan fingerprint density at radius 3 is 2.32 bits per heavy atom. The van der Waals surface area contributed by atoms with E-state index in [-0.39, 0.29) is 34.6 Å². The van der Waals surface area contributed by atoms with E-state index in [4.69, 9.17) is 9.47 Å². The first-order valence-corrected chi connectivity index (χ1v) is 10.3. The summed E-state index contributed by atoms with van der Waals surface area (Å²) >= 11 is 0. The van der Waals surface area contributed by atoms with Gasteiger partial charge in [-0.25, -0.2) is 22.3 Å².